The molecule has 1 amide bonds. The third kappa shape index (κ3) is 4.72. The minimum absolute atomic E-state index is 0.163. The molecule has 0 radical (unpaired) electrons. The minimum Gasteiger partial charge on any atom is -0.452 e. The highest BCUT2D eigenvalue weighted by Gasteiger charge is 2.28. The lowest BCUT2D eigenvalue weighted by Crippen LogP contribution is -2.45. The standard InChI is InChI=1S/C24H32N2O3/c1-15-9-11-20(12-10-15)26-17(3)13-21(19(26)5)24(28)29-14-23(27)25-22-8-6-7-16(2)18(22)4/h9-13,16,18,22H,6-8,14H2,1-5H3,(H,25,27)/t16-,18+,22+/m1/s1. The molecule has 29 heavy (non-hydrogen) atoms. The van der Waals surface area contributed by atoms with Crippen molar-refractivity contribution >= 4 is 11.9 Å². The molecule has 1 aromatic carbocycles. The van der Waals surface area contributed by atoms with E-state index in [9.17, 15) is 9.59 Å². The lowest BCUT2D eigenvalue weighted by atomic mass is 9.78. The molecule has 1 heterocycles. The Morgan fingerprint density at radius 2 is 1.79 bits per heavy atom. The number of benzene rings is 1. The second-order valence-electron chi connectivity index (χ2n) is 8.47. The predicted molar refractivity (Wildman–Crippen MR) is 114 cm³/mol. The monoisotopic (exact) mass is 396 g/mol. The number of esters is 1. The SMILES string of the molecule is Cc1ccc(-n2c(C)cc(C(=O)OCC(=O)N[C@H]3CCC[C@@H](C)[C@@H]3C)c2C)cc1. The van der Waals surface area contributed by atoms with Crippen molar-refractivity contribution in [2.45, 2.75) is 59.9 Å². The van der Waals surface area contributed by atoms with E-state index in [0.29, 0.717) is 17.4 Å². The Bertz CT molecular complexity index is 882. The van der Waals surface area contributed by atoms with Gasteiger partial charge in [0.1, 0.15) is 0 Å². The van der Waals surface area contributed by atoms with E-state index in [2.05, 4.69) is 19.2 Å². The lowest BCUT2D eigenvalue weighted by molar-refractivity contribution is -0.125. The molecule has 0 unspecified atom stereocenters. The van der Waals surface area contributed by atoms with E-state index in [-0.39, 0.29) is 18.6 Å². The average molecular weight is 397 g/mol. The van der Waals surface area contributed by atoms with Crippen molar-refractivity contribution < 1.29 is 14.3 Å². The lowest BCUT2D eigenvalue weighted by Gasteiger charge is -2.34. The summed E-state index contributed by atoms with van der Waals surface area (Å²) in [7, 11) is 0. The first-order valence-electron chi connectivity index (χ1n) is 10.5. The van der Waals surface area contributed by atoms with Crippen LogP contribution in [0.4, 0.5) is 0 Å². The van der Waals surface area contributed by atoms with Crippen molar-refractivity contribution in [2.24, 2.45) is 11.8 Å². The van der Waals surface area contributed by atoms with E-state index < -0.39 is 5.97 Å². The van der Waals surface area contributed by atoms with Gasteiger partial charge in [0.2, 0.25) is 0 Å². The van der Waals surface area contributed by atoms with Crippen LogP contribution in [0.1, 0.15) is 60.4 Å². The summed E-state index contributed by atoms with van der Waals surface area (Å²) in [6.45, 7) is 10.1. The van der Waals surface area contributed by atoms with E-state index in [1.54, 1.807) is 0 Å². The first-order chi connectivity index (χ1) is 13.8. The van der Waals surface area contributed by atoms with Crippen molar-refractivity contribution in [2.75, 3.05) is 6.61 Å². The number of aryl methyl sites for hydroxylation is 2. The Hall–Kier alpha value is -2.56. The van der Waals surface area contributed by atoms with E-state index in [1.165, 1.54) is 12.0 Å². The summed E-state index contributed by atoms with van der Waals surface area (Å²) in [5.41, 5.74) is 4.45. The maximum atomic E-state index is 12.6. The van der Waals surface area contributed by atoms with Crippen molar-refractivity contribution in [3.8, 4) is 5.69 Å². The van der Waals surface area contributed by atoms with E-state index in [4.69, 9.17) is 4.74 Å². The van der Waals surface area contributed by atoms with Crippen LogP contribution >= 0.6 is 0 Å². The molecule has 1 N–H and O–H groups in total. The first kappa shape index (κ1) is 21.2. The normalized spacial score (nSPS) is 21.6. The molecule has 156 valence electrons. The third-order valence-electron chi connectivity index (χ3n) is 6.33. The molecule has 0 bridgehead atoms. The zero-order valence-electron chi connectivity index (χ0n) is 18.1. The van der Waals surface area contributed by atoms with Crippen LogP contribution in [0.15, 0.2) is 30.3 Å². The molecule has 2 aromatic rings. The quantitative estimate of drug-likeness (QED) is 0.757. The predicted octanol–water partition coefficient (Wildman–Crippen LogP) is 4.50. The summed E-state index contributed by atoms with van der Waals surface area (Å²) in [6, 6.07) is 10.1. The summed E-state index contributed by atoms with van der Waals surface area (Å²) >= 11 is 0. The van der Waals surface area contributed by atoms with Gasteiger partial charge < -0.3 is 14.6 Å². The van der Waals surface area contributed by atoms with Crippen molar-refractivity contribution in [1.82, 2.24) is 9.88 Å². The van der Waals surface area contributed by atoms with E-state index in [0.717, 1.165) is 29.9 Å². The highest BCUT2D eigenvalue weighted by molar-refractivity contribution is 5.93. The number of hydrogen-bond acceptors (Lipinski definition) is 3. The molecule has 0 aliphatic heterocycles. The number of hydrogen-bond donors (Lipinski definition) is 1. The Labute approximate surface area is 173 Å². The van der Waals surface area contributed by atoms with Crippen molar-refractivity contribution in [3.63, 3.8) is 0 Å². The number of aromatic nitrogens is 1. The second kappa shape index (κ2) is 8.85. The molecular weight excluding hydrogens is 364 g/mol. The maximum absolute atomic E-state index is 12.6. The number of carbonyl (C=O) groups excluding carboxylic acids is 2. The molecule has 0 saturated heterocycles. The van der Waals surface area contributed by atoms with Gasteiger partial charge in [-0.2, -0.15) is 0 Å². The second-order valence-corrected chi connectivity index (χ2v) is 8.47. The fourth-order valence-corrected chi connectivity index (χ4v) is 4.30. The molecule has 1 saturated carbocycles. The van der Waals surface area contributed by atoms with Crippen LogP contribution in [0.2, 0.25) is 0 Å². The van der Waals surface area contributed by atoms with Gasteiger partial charge in [-0.25, -0.2) is 4.79 Å². The van der Waals surface area contributed by atoms with E-state index >= 15 is 0 Å². The number of amides is 1. The minimum atomic E-state index is -0.461. The van der Waals surface area contributed by atoms with Crippen LogP contribution in [0, 0.1) is 32.6 Å². The van der Waals surface area contributed by atoms with Crippen molar-refractivity contribution in [3.05, 3.63) is 52.8 Å². The van der Waals surface area contributed by atoms with Gasteiger partial charge in [-0.3, -0.25) is 4.79 Å². The third-order valence-corrected chi connectivity index (χ3v) is 6.33. The molecule has 3 atom stereocenters. The number of nitrogens with one attached hydrogen (secondary N) is 1. The topological polar surface area (TPSA) is 60.3 Å². The van der Waals surface area contributed by atoms with E-state index in [1.807, 2.05) is 55.7 Å². The highest BCUT2D eigenvalue weighted by atomic mass is 16.5. The zero-order valence-corrected chi connectivity index (χ0v) is 18.1. The van der Waals surface area contributed by atoms with Gasteiger partial charge in [0.05, 0.1) is 5.56 Å². The maximum Gasteiger partial charge on any atom is 0.340 e. The molecule has 1 aliphatic carbocycles. The largest absolute Gasteiger partial charge is 0.452 e. The Morgan fingerprint density at radius 3 is 2.48 bits per heavy atom. The van der Waals surface area contributed by atoms with Crippen LogP contribution in [0.3, 0.4) is 0 Å². The fourth-order valence-electron chi connectivity index (χ4n) is 4.30. The van der Waals surface area contributed by atoms with Gasteiger partial charge in [-0.05, 0) is 57.2 Å². The molecular formula is C24H32N2O3. The summed E-state index contributed by atoms with van der Waals surface area (Å²) < 4.78 is 7.36. The Balaban J connectivity index is 1.63. The smallest absolute Gasteiger partial charge is 0.340 e. The Morgan fingerprint density at radius 1 is 1.10 bits per heavy atom. The first-order valence-corrected chi connectivity index (χ1v) is 10.5. The molecule has 0 spiro atoms. The molecule has 1 aromatic heterocycles. The molecule has 5 heteroatoms. The number of ether oxygens (including phenoxy) is 1. The summed E-state index contributed by atoms with van der Waals surface area (Å²) in [4.78, 5) is 24.9. The van der Waals surface area contributed by atoms with Crippen LogP contribution in [0.5, 0.6) is 0 Å². The molecule has 1 fully saturated rings. The van der Waals surface area contributed by atoms with Crippen LogP contribution in [-0.4, -0.2) is 29.1 Å². The van der Waals surface area contributed by atoms with Gasteiger partial charge in [0, 0.05) is 23.1 Å². The number of carbonyl (C=O) groups is 2. The van der Waals surface area contributed by atoms with Crippen molar-refractivity contribution in [1.29, 1.82) is 0 Å². The molecule has 5 nitrogen and oxygen atoms in total. The zero-order chi connectivity index (χ0) is 21.1. The van der Waals surface area contributed by atoms with Gasteiger partial charge in [0.15, 0.2) is 6.61 Å². The fraction of sp³-hybridized carbons (Fsp3) is 0.500. The van der Waals surface area contributed by atoms with Crippen LogP contribution in [-0.2, 0) is 9.53 Å². The van der Waals surface area contributed by atoms with Crippen LogP contribution < -0.4 is 5.32 Å². The molecule has 3 rings (SSSR count). The van der Waals surface area contributed by atoms with Gasteiger partial charge in [-0.15, -0.1) is 0 Å². The summed E-state index contributed by atoms with van der Waals surface area (Å²) in [6.07, 6.45) is 3.32. The Kier molecular flexibility index (Phi) is 6.46. The summed E-state index contributed by atoms with van der Waals surface area (Å²) in [5.74, 6) is 0.355. The average Bonchev–Trinajstić information content (AvgIpc) is 2.99. The number of rotatable bonds is 5. The summed E-state index contributed by atoms with van der Waals surface area (Å²) in [5, 5.41) is 3.05. The highest BCUT2D eigenvalue weighted by Crippen LogP contribution is 2.29. The van der Waals surface area contributed by atoms with Gasteiger partial charge in [-0.1, -0.05) is 44.4 Å². The molecule has 1 aliphatic rings. The van der Waals surface area contributed by atoms with Gasteiger partial charge >= 0.3 is 5.97 Å². The van der Waals surface area contributed by atoms with Gasteiger partial charge in [0.25, 0.3) is 5.91 Å². The number of nitrogens with zero attached hydrogens (tertiary/aromatic N) is 1. The van der Waals surface area contributed by atoms with Crippen LogP contribution in [0.25, 0.3) is 5.69 Å².